The van der Waals surface area contributed by atoms with E-state index in [0.717, 1.165) is 23.6 Å². The summed E-state index contributed by atoms with van der Waals surface area (Å²) >= 11 is 0. The van der Waals surface area contributed by atoms with Crippen LogP contribution in [0.3, 0.4) is 0 Å². The number of benzene rings is 3. The van der Waals surface area contributed by atoms with E-state index in [1.807, 2.05) is 42.5 Å². The Kier molecular flexibility index (Phi) is 5.15. The van der Waals surface area contributed by atoms with E-state index in [4.69, 9.17) is 0 Å². The monoisotopic (exact) mass is 394 g/mol. The average Bonchev–Trinajstić information content (AvgIpc) is 2.74. The van der Waals surface area contributed by atoms with Crippen molar-refractivity contribution in [2.45, 2.75) is 30.2 Å². The lowest BCUT2D eigenvalue weighted by atomic mass is 10.0. The first kappa shape index (κ1) is 18.7. The number of piperidine rings is 1. The number of anilines is 1. The van der Waals surface area contributed by atoms with E-state index in [9.17, 15) is 13.2 Å². The van der Waals surface area contributed by atoms with Crippen LogP contribution in [0.1, 0.15) is 19.3 Å². The molecule has 0 saturated carbocycles. The van der Waals surface area contributed by atoms with Crippen LogP contribution in [0.15, 0.2) is 77.7 Å². The predicted molar refractivity (Wildman–Crippen MR) is 111 cm³/mol. The summed E-state index contributed by atoms with van der Waals surface area (Å²) in [5.74, 6) is -0.282. The van der Waals surface area contributed by atoms with Gasteiger partial charge in [-0.1, -0.05) is 61.0 Å². The molecule has 1 fully saturated rings. The average molecular weight is 394 g/mol. The molecular formula is C22H22N2O3S. The summed E-state index contributed by atoms with van der Waals surface area (Å²) in [4.78, 5) is 13.3. The fourth-order valence-corrected chi connectivity index (χ4v) is 5.41. The van der Waals surface area contributed by atoms with Crippen molar-refractivity contribution in [3.8, 4) is 0 Å². The van der Waals surface area contributed by atoms with Gasteiger partial charge in [0.05, 0.1) is 4.90 Å². The number of carbonyl (C=O) groups excluding carboxylic acids is 1. The number of nitrogens with zero attached hydrogens (tertiary/aromatic N) is 1. The molecule has 0 bridgehead atoms. The molecule has 0 aromatic heterocycles. The summed E-state index contributed by atoms with van der Waals surface area (Å²) < 4.78 is 27.6. The molecule has 6 heteroatoms. The van der Waals surface area contributed by atoms with Gasteiger partial charge in [0, 0.05) is 17.6 Å². The van der Waals surface area contributed by atoms with Gasteiger partial charge in [-0.2, -0.15) is 4.31 Å². The highest BCUT2D eigenvalue weighted by Crippen LogP contribution is 2.28. The molecule has 3 aromatic rings. The molecule has 1 atom stereocenters. The number of carbonyl (C=O) groups is 1. The number of fused-ring (bicyclic) bond motifs is 1. The van der Waals surface area contributed by atoms with Crippen LogP contribution in [-0.2, 0) is 14.8 Å². The van der Waals surface area contributed by atoms with Crippen LogP contribution in [0.2, 0.25) is 0 Å². The van der Waals surface area contributed by atoms with E-state index in [1.54, 1.807) is 30.3 Å². The molecule has 1 amide bonds. The Hall–Kier alpha value is -2.70. The zero-order valence-electron chi connectivity index (χ0n) is 15.4. The minimum absolute atomic E-state index is 0.222. The van der Waals surface area contributed by atoms with E-state index >= 15 is 0 Å². The zero-order valence-corrected chi connectivity index (χ0v) is 16.2. The third kappa shape index (κ3) is 3.53. The molecule has 3 aromatic carbocycles. The van der Waals surface area contributed by atoms with E-state index in [-0.39, 0.29) is 10.8 Å². The summed E-state index contributed by atoms with van der Waals surface area (Å²) in [5.41, 5.74) is 0.700. The number of sulfonamides is 1. The third-order valence-corrected chi connectivity index (χ3v) is 7.08. The summed E-state index contributed by atoms with van der Waals surface area (Å²) in [6.07, 6.45) is 2.10. The molecule has 0 spiro atoms. The molecule has 1 aliphatic rings. The first-order valence-electron chi connectivity index (χ1n) is 9.43. The van der Waals surface area contributed by atoms with Crippen molar-refractivity contribution in [3.63, 3.8) is 0 Å². The van der Waals surface area contributed by atoms with Gasteiger partial charge in [-0.25, -0.2) is 8.42 Å². The standard InChI is InChI=1S/C22H22N2O3S/c25-22(23-20-14-8-10-17-9-4-5-13-19(17)20)21-15-6-7-16-24(21)28(26,27)18-11-2-1-3-12-18/h1-5,8-14,21H,6-7,15-16H2,(H,23,25)/t21-/m0/s1. The second kappa shape index (κ2) is 7.73. The van der Waals surface area contributed by atoms with Gasteiger partial charge < -0.3 is 5.32 Å². The molecule has 1 N–H and O–H groups in total. The number of amides is 1. The van der Waals surface area contributed by atoms with Crippen molar-refractivity contribution >= 4 is 32.4 Å². The summed E-state index contributed by atoms with van der Waals surface area (Å²) in [5, 5.41) is 4.93. The minimum Gasteiger partial charge on any atom is -0.324 e. The van der Waals surface area contributed by atoms with E-state index in [2.05, 4.69) is 5.32 Å². The normalized spacial score (nSPS) is 18.1. The summed E-state index contributed by atoms with van der Waals surface area (Å²) in [6, 6.07) is 21.1. The van der Waals surface area contributed by atoms with Crippen LogP contribution in [0.4, 0.5) is 5.69 Å². The first-order chi connectivity index (χ1) is 13.6. The topological polar surface area (TPSA) is 66.5 Å². The quantitative estimate of drug-likeness (QED) is 0.727. The molecule has 0 radical (unpaired) electrons. The lowest BCUT2D eigenvalue weighted by Crippen LogP contribution is -2.49. The maximum atomic E-state index is 13.1. The highest BCUT2D eigenvalue weighted by molar-refractivity contribution is 7.89. The number of hydrogen-bond donors (Lipinski definition) is 1. The van der Waals surface area contributed by atoms with Gasteiger partial charge in [0.1, 0.15) is 6.04 Å². The highest BCUT2D eigenvalue weighted by atomic mass is 32.2. The molecular weight excluding hydrogens is 372 g/mol. The number of rotatable bonds is 4. The fraction of sp³-hybridized carbons (Fsp3) is 0.227. The van der Waals surface area contributed by atoms with Gasteiger partial charge >= 0.3 is 0 Å². The van der Waals surface area contributed by atoms with Crippen LogP contribution in [-0.4, -0.2) is 31.2 Å². The van der Waals surface area contributed by atoms with Crippen molar-refractivity contribution in [2.24, 2.45) is 0 Å². The zero-order chi connectivity index (χ0) is 19.6. The molecule has 1 heterocycles. The Morgan fingerprint density at radius 3 is 2.43 bits per heavy atom. The third-order valence-electron chi connectivity index (χ3n) is 5.15. The second-order valence-electron chi connectivity index (χ2n) is 6.96. The van der Waals surface area contributed by atoms with Crippen molar-refractivity contribution in [1.29, 1.82) is 0 Å². The van der Waals surface area contributed by atoms with Crippen molar-refractivity contribution < 1.29 is 13.2 Å². The number of hydrogen-bond acceptors (Lipinski definition) is 3. The Bertz CT molecular complexity index is 1090. The Morgan fingerprint density at radius 1 is 0.893 bits per heavy atom. The molecule has 1 saturated heterocycles. The van der Waals surface area contributed by atoms with E-state index in [0.29, 0.717) is 18.7 Å². The lowest BCUT2D eigenvalue weighted by Gasteiger charge is -2.33. The van der Waals surface area contributed by atoms with E-state index in [1.165, 1.54) is 4.31 Å². The Morgan fingerprint density at radius 2 is 1.61 bits per heavy atom. The molecule has 5 nitrogen and oxygen atoms in total. The number of nitrogens with one attached hydrogen (secondary N) is 1. The fourth-order valence-electron chi connectivity index (χ4n) is 3.73. The second-order valence-corrected chi connectivity index (χ2v) is 8.85. The summed E-state index contributed by atoms with van der Waals surface area (Å²) in [7, 11) is -3.72. The van der Waals surface area contributed by atoms with Gasteiger partial charge in [-0.3, -0.25) is 4.79 Å². The summed E-state index contributed by atoms with van der Waals surface area (Å²) in [6.45, 7) is 0.352. The molecule has 0 aliphatic carbocycles. The van der Waals surface area contributed by atoms with Gasteiger partial charge in [0.25, 0.3) is 0 Å². The van der Waals surface area contributed by atoms with Crippen LogP contribution >= 0.6 is 0 Å². The van der Waals surface area contributed by atoms with Crippen LogP contribution < -0.4 is 5.32 Å². The lowest BCUT2D eigenvalue weighted by molar-refractivity contribution is -0.120. The van der Waals surface area contributed by atoms with Crippen LogP contribution in [0.25, 0.3) is 10.8 Å². The van der Waals surface area contributed by atoms with Crippen molar-refractivity contribution in [2.75, 3.05) is 11.9 Å². The van der Waals surface area contributed by atoms with Gasteiger partial charge in [0.2, 0.25) is 15.9 Å². The largest absolute Gasteiger partial charge is 0.324 e. The molecule has 28 heavy (non-hydrogen) atoms. The predicted octanol–water partition coefficient (Wildman–Crippen LogP) is 4.02. The van der Waals surface area contributed by atoms with Gasteiger partial charge in [0.15, 0.2) is 0 Å². The first-order valence-corrected chi connectivity index (χ1v) is 10.9. The van der Waals surface area contributed by atoms with Gasteiger partial charge in [-0.05, 0) is 36.4 Å². The Labute approximate surface area is 165 Å². The molecule has 0 unspecified atom stereocenters. The smallest absolute Gasteiger partial charge is 0.243 e. The molecule has 4 rings (SSSR count). The Balaban J connectivity index is 1.63. The maximum absolute atomic E-state index is 13.1. The minimum atomic E-state index is -3.72. The SMILES string of the molecule is O=C(Nc1cccc2ccccc12)[C@@H]1CCCCN1S(=O)(=O)c1ccccc1. The van der Waals surface area contributed by atoms with Crippen molar-refractivity contribution in [3.05, 3.63) is 72.8 Å². The van der Waals surface area contributed by atoms with E-state index < -0.39 is 16.1 Å². The van der Waals surface area contributed by atoms with Crippen LogP contribution in [0, 0.1) is 0 Å². The molecule has 144 valence electrons. The highest BCUT2D eigenvalue weighted by Gasteiger charge is 2.37. The maximum Gasteiger partial charge on any atom is 0.243 e. The van der Waals surface area contributed by atoms with Crippen molar-refractivity contribution in [1.82, 2.24) is 4.31 Å². The molecule has 1 aliphatic heterocycles. The van der Waals surface area contributed by atoms with Gasteiger partial charge in [-0.15, -0.1) is 0 Å². The van der Waals surface area contributed by atoms with Crippen LogP contribution in [0.5, 0.6) is 0 Å².